The SMILES string of the molecule is NC(=O)C1(OC(=O)c2cc(Cl)c(=O)n(Cc3ccc(Cl)c(Cl)c3)c2)CCC(CCN2CCC(C(=O)c3ccc(F)cc3)CC2)CC1. The third kappa shape index (κ3) is 8.00. The second-order valence-corrected chi connectivity index (χ2v) is 13.4. The van der Waals surface area contributed by atoms with Crippen LogP contribution in [0.15, 0.2) is 59.5 Å². The fourth-order valence-corrected chi connectivity index (χ4v) is 6.91. The normalized spacial score (nSPS) is 20.7. The molecule has 1 aliphatic heterocycles. The van der Waals surface area contributed by atoms with Crippen LogP contribution in [0.25, 0.3) is 0 Å². The number of carbonyl (C=O) groups excluding carboxylic acids is 3. The number of esters is 1. The standard InChI is InChI=1S/C34H35Cl3FN3O5/c35-27-6-1-22(17-28(27)36)19-41-20-25(18-29(37)31(41)43)32(44)46-34(33(39)45)12-7-21(8-13-34)9-14-40-15-10-24(11-16-40)30(42)23-2-4-26(38)5-3-23/h1-6,17-18,20-21,24H,7-16,19H2,(H2,39,45). The molecule has 46 heavy (non-hydrogen) atoms. The summed E-state index contributed by atoms with van der Waals surface area (Å²) in [6, 6.07) is 11.9. The van der Waals surface area contributed by atoms with Crippen LogP contribution in [0.3, 0.4) is 0 Å². The Morgan fingerprint density at radius 2 is 1.57 bits per heavy atom. The largest absolute Gasteiger partial charge is 0.445 e. The maximum atomic E-state index is 13.3. The smallest absolute Gasteiger partial charge is 0.340 e. The summed E-state index contributed by atoms with van der Waals surface area (Å²) in [5.74, 6) is -1.52. The van der Waals surface area contributed by atoms with E-state index in [1.165, 1.54) is 29.0 Å². The van der Waals surface area contributed by atoms with Gasteiger partial charge in [0.1, 0.15) is 10.8 Å². The first-order chi connectivity index (χ1) is 21.9. The molecule has 0 bridgehead atoms. The Morgan fingerprint density at radius 3 is 2.20 bits per heavy atom. The van der Waals surface area contributed by atoms with Crippen molar-refractivity contribution in [3.63, 3.8) is 0 Å². The molecule has 1 saturated heterocycles. The molecule has 5 rings (SSSR count). The highest BCUT2D eigenvalue weighted by molar-refractivity contribution is 6.42. The summed E-state index contributed by atoms with van der Waals surface area (Å²) in [5.41, 5.74) is 5.08. The van der Waals surface area contributed by atoms with Gasteiger partial charge in [-0.05, 0) is 119 Å². The number of ketones is 1. The van der Waals surface area contributed by atoms with E-state index >= 15 is 0 Å². The lowest BCUT2D eigenvalue weighted by Gasteiger charge is -2.38. The van der Waals surface area contributed by atoms with Gasteiger partial charge in [-0.25, -0.2) is 9.18 Å². The number of primary amides is 1. The fraction of sp³-hybridized carbons (Fsp3) is 0.412. The highest BCUT2D eigenvalue weighted by Gasteiger charge is 2.44. The third-order valence-corrected chi connectivity index (χ3v) is 10.2. The van der Waals surface area contributed by atoms with Gasteiger partial charge in [0.25, 0.3) is 11.5 Å². The van der Waals surface area contributed by atoms with Crippen LogP contribution in [0.5, 0.6) is 0 Å². The molecule has 12 heteroatoms. The average molecular weight is 691 g/mol. The molecule has 0 unspecified atom stereocenters. The van der Waals surface area contributed by atoms with Crippen LogP contribution >= 0.6 is 34.8 Å². The Hall–Kier alpha value is -3.24. The number of benzene rings is 2. The quantitative estimate of drug-likeness (QED) is 0.191. The number of Topliss-reactive ketones (excluding diaryl/α,β-unsaturated/α-hetero) is 1. The Labute approximate surface area is 281 Å². The number of hydrogen-bond acceptors (Lipinski definition) is 6. The molecule has 2 aliphatic rings. The lowest BCUT2D eigenvalue weighted by Crippen LogP contribution is -2.50. The number of nitrogens with two attached hydrogens (primary N) is 1. The van der Waals surface area contributed by atoms with Gasteiger partial charge in [-0.2, -0.15) is 0 Å². The molecule has 1 amide bonds. The molecule has 2 N–H and O–H groups in total. The number of amides is 1. The number of pyridine rings is 1. The van der Waals surface area contributed by atoms with Crippen LogP contribution < -0.4 is 11.3 Å². The summed E-state index contributed by atoms with van der Waals surface area (Å²) in [6.45, 7) is 2.57. The van der Waals surface area contributed by atoms with E-state index in [9.17, 15) is 23.6 Å². The Bertz CT molecular complexity index is 1660. The number of carbonyl (C=O) groups is 3. The molecule has 2 fully saturated rings. The van der Waals surface area contributed by atoms with Crippen molar-refractivity contribution in [3.05, 3.63) is 103 Å². The summed E-state index contributed by atoms with van der Waals surface area (Å²) >= 11 is 18.3. The molecular weight excluding hydrogens is 656 g/mol. The van der Waals surface area contributed by atoms with Crippen molar-refractivity contribution in [2.75, 3.05) is 19.6 Å². The van der Waals surface area contributed by atoms with E-state index in [-0.39, 0.29) is 34.6 Å². The number of nitrogens with zero attached hydrogens (tertiary/aromatic N) is 2. The number of rotatable bonds is 10. The minimum Gasteiger partial charge on any atom is -0.445 e. The molecule has 1 saturated carbocycles. The molecule has 8 nitrogen and oxygen atoms in total. The molecule has 1 aliphatic carbocycles. The zero-order valence-electron chi connectivity index (χ0n) is 25.2. The highest BCUT2D eigenvalue weighted by Crippen LogP contribution is 2.37. The second kappa shape index (κ2) is 14.7. The molecule has 0 atom stereocenters. The number of ether oxygens (including phenoxy) is 1. The van der Waals surface area contributed by atoms with E-state index in [1.807, 2.05) is 0 Å². The van der Waals surface area contributed by atoms with Crippen molar-refractivity contribution in [1.29, 1.82) is 0 Å². The van der Waals surface area contributed by atoms with Crippen LogP contribution in [0.1, 0.15) is 71.2 Å². The summed E-state index contributed by atoms with van der Waals surface area (Å²) in [6.07, 6.45) is 5.68. The maximum Gasteiger partial charge on any atom is 0.340 e. The van der Waals surface area contributed by atoms with Gasteiger partial charge in [-0.3, -0.25) is 14.4 Å². The number of halogens is 4. The van der Waals surface area contributed by atoms with Gasteiger partial charge in [0.05, 0.1) is 22.2 Å². The average Bonchev–Trinajstić information content (AvgIpc) is 3.04. The topological polar surface area (TPSA) is 112 Å². The van der Waals surface area contributed by atoms with Crippen molar-refractivity contribution >= 4 is 52.5 Å². The Balaban J connectivity index is 1.14. The third-order valence-electron chi connectivity index (χ3n) is 9.21. The van der Waals surface area contributed by atoms with Gasteiger partial charge in [-0.1, -0.05) is 40.9 Å². The Kier molecular flexibility index (Phi) is 10.9. The van der Waals surface area contributed by atoms with E-state index in [0.29, 0.717) is 52.8 Å². The minimum atomic E-state index is -1.45. The van der Waals surface area contributed by atoms with Crippen molar-refractivity contribution in [1.82, 2.24) is 9.47 Å². The first-order valence-corrected chi connectivity index (χ1v) is 16.5. The van der Waals surface area contributed by atoms with Crippen LogP contribution in [-0.2, 0) is 16.1 Å². The summed E-state index contributed by atoms with van der Waals surface area (Å²) in [4.78, 5) is 53.8. The maximum absolute atomic E-state index is 13.3. The van der Waals surface area contributed by atoms with Crippen molar-refractivity contribution in [2.45, 2.75) is 57.1 Å². The van der Waals surface area contributed by atoms with E-state index in [0.717, 1.165) is 38.9 Å². The van der Waals surface area contributed by atoms with Gasteiger partial charge in [0, 0.05) is 17.7 Å². The predicted molar refractivity (Wildman–Crippen MR) is 175 cm³/mol. The summed E-state index contributed by atoms with van der Waals surface area (Å²) < 4.78 is 20.3. The zero-order valence-corrected chi connectivity index (χ0v) is 27.4. The number of aromatic nitrogens is 1. The van der Waals surface area contributed by atoms with Gasteiger partial charge in [0.2, 0.25) is 0 Å². The van der Waals surface area contributed by atoms with E-state index in [4.69, 9.17) is 45.3 Å². The van der Waals surface area contributed by atoms with Gasteiger partial charge in [0.15, 0.2) is 11.4 Å². The lowest BCUT2D eigenvalue weighted by atomic mass is 9.76. The lowest BCUT2D eigenvalue weighted by molar-refractivity contribution is -0.142. The fourth-order valence-electron chi connectivity index (χ4n) is 6.36. The van der Waals surface area contributed by atoms with Crippen molar-refractivity contribution in [3.8, 4) is 0 Å². The van der Waals surface area contributed by atoms with Crippen LogP contribution in [-0.4, -0.2) is 52.4 Å². The Morgan fingerprint density at radius 1 is 0.891 bits per heavy atom. The van der Waals surface area contributed by atoms with Gasteiger partial charge in [-0.15, -0.1) is 0 Å². The molecule has 2 aromatic carbocycles. The predicted octanol–water partition coefficient (Wildman–Crippen LogP) is 6.55. The molecule has 0 radical (unpaired) electrons. The monoisotopic (exact) mass is 689 g/mol. The van der Waals surface area contributed by atoms with Gasteiger partial charge < -0.3 is 19.9 Å². The van der Waals surface area contributed by atoms with E-state index in [1.54, 1.807) is 30.3 Å². The molecule has 2 heterocycles. The molecule has 0 spiro atoms. The zero-order chi connectivity index (χ0) is 33.0. The minimum absolute atomic E-state index is 0.0220. The number of hydrogen-bond donors (Lipinski definition) is 1. The van der Waals surface area contributed by atoms with Gasteiger partial charge >= 0.3 is 5.97 Å². The van der Waals surface area contributed by atoms with Crippen LogP contribution in [0.2, 0.25) is 15.1 Å². The van der Waals surface area contributed by atoms with E-state index in [2.05, 4.69) is 4.90 Å². The molecular formula is C34H35Cl3FN3O5. The summed E-state index contributed by atoms with van der Waals surface area (Å²) in [5, 5.41) is 0.527. The van der Waals surface area contributed by atoms with Crippen LogP contribution in [0.4, 0.5) is 4.39 Å². The molecule has 244 valence electrons. The second-order valence-electron chi connectivity index (χ2n) is 12.2. The first-order valence-electron chi connectivity index (χ1n) is 15.3. The summed E-state index contributed by atoms with van der Waals surface area (Å²) in [7, 11) is 0. The highest BCUT2D eigenvalue weighted by atomic mass is 35.5. The van der Waals surface area contributed by atoms with E-state index < -0.39 is 23.0 Å². The van der Waals surface area contributed by atoms with Crippen LogP contribution in [0, 0.1) is 17.7 Å². The van der Waals surface area contributed by atoms with Crippen molar-refractivity contribution in [2.24, 2.45) is 17.6 Å². The van der Waals surface area contributed by atoms with Crippen molar-refractivity contribution < 1.29 is 23.5 Å². The number of likely N-dealkylation sites (tertiary alicyclic amines) is 1. The molecule has 1 aromatic heterocycles. The first kappa shape index (κ1) is 34.1. The number of piperidine rings is 1. The molecule has 3 aromatic rings.